The second kappa shape index (κ2) is 7.39. The Kier molecular flexibility index (Phi) is 6.97. The van der Waals surface area contributed by atoms with Crippen molar-refractivity contribution in [1.29, 1.82) is 0 Å². The quantitative estimate of drug-likeness (QED) is 0.774. The van der Waals surface area contributed by atoms with Crippen molar-refractivity contribution in [2.75, 3.05) is 13.7 Å². The molecule has 3 heteroatoms. The molecule has 0 unspecified atom stereocenters. The van der Waals surface area contributed by atoms with E-state index in [0.29, 0.717) is 0 Å². The second-order valence-corrected chi connectivity index (χ2v) is 4.05. The van der Waals surface area contributed by atoms with E-state index >= 15 is 0 Å². The van der Waals surface area contributed by atoms with Crippen LogP contribution >= 0.6 is 0 Å². The highest BCUT2D eigenvalue weighted by Gasteiger charge is 2.06. The summed E-state index contributed by atoms with van der Waals surface area (Å²) in [6, 6.07) is 8.12. The van der Waals surface area contributed by atoms with Gasteiger partial charge in [0, 0.05) is 13.7 Å². The summed E-state index contributed by atoms with van der Waals surface area (Å²) in [7, 11) is 1.46. The van der Waals surface area contributed by atoms with Crippen molar-refractivity contribution < 1.29 is 14.9 Å². The fraction of sp³-hybridized carbons (Fsp3) is 0.538. The van der Waals surface area contributed by atoms with Gasteiger partial charge in [-0.1, -0.05) is 24.3 Å². The molecule has 92 valence electrons. The maximum Gasteiger partial charge on any atom is 0.159 e. The summed E-state index contributed by atoms with van der Waals surface area (Å²) in [5, 5.41) is 17.2. The summed E-state index contributed by atoms with van der Waals surface area (Å²) in [5.41, 5.74) is 2.50. The lowest BCUT2D eigenvalue weighted by Crippen LogP contribution is -2.20. The highest BCUT2D eigenvalue weighted by Crippen LogP contribution is 2.06. The predicted octanol–water partition coefficient (Wildman–Crippen LogP) is 1.89. The van der Waals surface area contributed by atoms with Crippen molar-refractivity contribution in [1.82, 2.24) is 0 Å². The Morgan fingerprint density at radius 1 is 1.25 bits per heavy atom. The third-order valence-corrected chi connectivity index (χ3v) is 2.14. The van der Waals surface area contributed by atoms with Gasteiger partial charge in [0.15, 0.2) is 5.79 Å². The maximum absolute atomic E-state index is 8.64. The van der Waals surface area contributed by atoms with Crippen molar-refractivity contribution in [3.63, 3.8) is 0 Å². The number of rotatable bonds is 3. The molecule has 0 saturated heterocycles. The number of aliphatic hydroxyl groups is 2. The molecule has 0 heterocycles. The van der Waals surface area contributed by atoms with E-state index in [1.54, 1.807) is 13.8 Å². The molecule has 0 aliphatic carbocycles. The smallest absolute Gasteiger partial charge is 0.159 e. The van der Waals surface area contributed by atoms with Crippen LogP contribution in [0.1, 0.15) is 25.0 Å². The number of ether oxygens (including phenoxy) is 1. The zero-order valence-electron chi connectivity index (χ0n) is 10.5. The monoisotopic (exact) mass is 226 g/mol. The van der Waals surface area contributed by atoms with E-state index < -0.39 is 5.79 Å². The van der Waals surface area contributed by atoms with Gasteiger partial charge in [0.1, 0.15) is 0 Å². The molecule has 1 aromatic carbocycles. The van der Waals surface area contributed by atoms with Crippen LogP contribution in [0.3, 0.4) is 0 Å². The summed E-state index contributed by atoms with van der Waals surface area (Å²) in [5.74, 6) is -0.958. The summed E-state index contributed by atoms with van der Waals surface area (Å²) in [6.45, 7) is 5.45. The molecule has 1 aromatic rings. The van der Waals surface area contributed by atoms with Crippen LogP contribution in [0.25, 0.3) is 0 Å². The van der Waals surface area contributed by atoms with E-state index in [1.807, 2.05) is 18.2 Å². The van der Waals surface area contributed by atoms with Gasteiger partial charge in [0.05, 0.1) is 0 Å². The van der Waals surface area contributed by atoms with Gasteiger partial charge in [0.25, 0.3) is 0 Å². The Morgan fingerprint density at radius 3 is 2.12 bits per heavy atom. The van der Waals surface area contributed by atoms with Gasteiger partial charge in [-0.05, 0) is 38.3 Å². The van der Waals surface area contributed by atoms with Crippen molar-refractivity contribution in [3.05, 3.63) is 35.4 Å². The van der Waals surface area contributed by atoms with E-state index in [2.05, 4.69) is 17.7 Å². The highest BCUT2D eigenvalue weighted by atomic mass is 16.6. The number of aliphatic hydroxyl groups excluding tert-OH is 1. The Hall–Kier alpha value is -0.900. The van der Waals surface area contributed by atoms with Gasteiger partial charge in [0.2, 0.25) is 0 Å². The average Bonchev–Trinajstić information content (AvgIpc) is 2.22. The SMILES string of the molecule is COC(C)(C)O.Cc1ccccc1CCO. The summed E-state index contributed by atoms with van der Waals surface area (Å²) in [6.07, 6.45) is 0.771. The van der Waals surface area contributed by atoms with Gasteiger partial charge in [-0.2, -0.15) is 0 Å². The van der Waals surface area contributed by atoms with Crippen LogP contribution in [0.2, 0.25) is 0 Å². The normalized spacial score (nSPS) is 10.6. The van der Waals surface area contributed by atoms with E-state index in [0.717, 1.165) is 6.42 Å². The van der Waals surface area contributed by atoms with Crippen LogP contribution in [0.15, 0.2) is 24.3 Å². The highest BCUT2D eigenvalue weighted by molar-refractivity contribution is 5.25. The van der Waals surface area contributed by atoms with E-state index in [9.17, 15) is 0 Å². The lowest BCUT2D eigenvalue weighted by Gasteiger charge is -2.12. The van der Waals surface area contributed by atoms with E-state index in [-0.39, 0.29) is 6.61 Å². The van der Waals surface area contributed by atoms with E-state index in [4.69, 9.17) is 10.2 Å². The minimum atomic E-state index is -0.958. The standard InChI is InChI=1S/C9H12O.C4H10O2/c1-8-4-2-3-5-9(8)6-7-10;1-4(2,5)6-3/h2-5,10H,6-7H2,1H3;5H,1-3H3. The third-order valence-electron chi connectivity index (χ3n) is 2.14. The van der Waals surface area contributed by atoms with Gasteiger partial charge < -0.3 is 14.9 Å². The fourth-order valence-corrected chi connectivity index (χ4v) is 1.01. The zero-order valence-corrected chi connectivity index (χ0v) is 10.5. The van der Waals surface area contributed by atoms with Crippen LogP contribution in [0.5, 0.6) is 0 Å². The minimum Gasteiger partial charge on any atom is -0.396 e. The first-order valence-corrected chi connectivity index (χ1v) is 5.33. The first-order chi connectivity index (χ1) is 7.40. The molecule has 0 aliphatic rings. The number of benzene rings is 1. The van der Waals surface area contributed by atoms with Crippen LogP contribution in [-0.4, -0.2) is 29.7 Å². The molecule has 2 N–H and O–H groups in total. The molecule has 0 amide bonds. The molecule has 0 atom stereocenters. The van der Waals surface area contributed by atoms with Crippen molar-refractivity contribution in [2.45, 2.75) is 33.0 Å². The molecular weight excluding hydrogens is 204 g/mol. The summed E-state index contributed by atoms with van der Waals surface area (Å²) >= 11 is 0. The molecule has 0 aliphatic heterocycles. The average molecular weight is 226 g/mol. The second-order valence-electron chi connectivity index (χ2n) is 4.05. The molecule has 0 saturated carbocycles. The van der Waals surface area contributed by atoms with Gasteiger partial charge in [-0.3, -0.25) is 0 Å². The van der Waals surface area contributed by atoms with Gasteiger partial charge in [-0.15, -0.1) is 0 Å². The molecule has 0 spiro atoms. The van der Waals surface area contributed by atoms with Gasteiger partial charge >= 0.3 is 0 Å². The molecule has 3 nitrogen and oxygen atoms in total. The first kappa shape index (κ1) is 15.1. The topological polar surface area (TPSA) is 49.7 Å². The van der Waals surface area contributed by atoms with Crippen LogP contribution in [0, 0.1) is 6.92 Å². The molecule has 0 radical (unpaired) electrons. The van der Waals surface area contributed by atoms with Crippen LogP contribution < -0.4 is 0 Å². The number of methoxy groups -OCH3 is 1. The van der Waals surface area contributed by atoms with Gasteiger partial charge in [-0.25, -0.2) is 0 Å². The predicted molar refractivity (Wildman–Crippen MR) is 65.3 cm³/mol. The van der Waals surface area contributed by atoms with E-state index in [1.165, 1.54) is 18.2 Å². The number of hydrogen-bond donors (Lipinski definition) is 2. The Balaban J connectivity index is 0.000000325. The molecule has 0 aromatic heterocycles. The van der Waals surface area contributed by atoms with Crippen molar-refractivity contribution >= 4 is 0 Å². The lowest BCUT2D eigenvalue weighted by molar-refractivity contribution is -0.155. The summed E-state index contributed by atoms with van der Waals surface area (Å²) < 4.78 is 4.49. The lowest BCUT2D eigenvalue weighted by atomic mass is 10.1. The minimum absolute atomic E-state index is 0.241. The third kappa shape index (κ3) is 7.40. The molecular formula is C13H22O3. The fourth-order valence-electron chi connectivity index (χ4n) is 1.01. The molecule has 0 fully saturated rings. The van der Waals surface area contributed by atoms with Crippen LogP contribution in [0.4, 0.5) is 0 Å². The first-order valence-electron chi connectivity index (χ1n) is 5.33. The Labute approximate surface area is 97.7 Å². The Bertz CT molecular complexity index is 289. The van der Waals surface area contributed by atoms with Crippen LogP contribution in [-0.2, 0) is 11.2 Å². The molecule has 16 heavy (non-hydrogen) atoms. The van der Waals surface area contributed by atoms with Crippen molar-refractivity contribution in [2.24, 2.45) is 0 Å². The molecule has 1 rings (SSSR count). The number of aryl methyl sites for hydroxylation is 1. The van der Waals surface area contributed by atoms with Crippen molar-refractivity contribution in [3.8, 4) is 0 Å². The number of hydrogen-bond acceptors (Lipinski definition) is 3. The summed E-state index contributed by atoms with van der Waals surface area (Å²) in [4.78, 5) is 0. The largest absolute Gasteiger partial charge is 0.396 e. The zero-order chi connectivity index (χ0) is 12.6. The maximum atomic E-state index is 8.64. The Morgan fingerprint density at radius 2 is 1.75 bits per heavy atom. The molecule has 0 bridgehead atoms.